The predicted octanol–water partition coefficient (Wildman–Crippen LogP) is 3.28. The van der Waals surface area contributed by atoms with Gasteiger partial charge in [0.2, 0.25) is 11.5 Å². The minimum absolute atomic E-state index is 0.0539. The molecule has 1 aliphatic rings. The van der Waals surface area contributed by atoms with Gasteiger partial charge in [0, 0.05) is 17.5 Å². The highest BCUT2D eigenvalue weighted by Gasteiger charge is 2.37. The first-order valence-corrected chi connectivity index (χ1v) is 9.36. The fraction of sp³-hybridized carbons (Fsp3) is 0.455. The average Bonchev–Trinajstić information content (AvgIpc) is 2.66. The highest BCUT2D eigenvalue weighted by atomic mass is 16.5. The Hall–Kier alpha value is -2.80. The Morgan fingerprint density at radius 1 is 0.793 bits per heavy atom. The van der Waals surface area contributed by atoms with Crippen LogP contribution in [0.5, 0.6) is 34.5 Å². The molecule has 0 heterocycles. The van der Waals surface area contributed by atoms with Crippen molar-refractivity contribution in [2.24, 2.45) is 5.92 Å². The van der Waals surface area contributed by atoms with E-state index < -0.39 is 5.60 Å². The summed E-state index contributed by atoms with van der Waals surface area (Å²) in [6.45, 7) is 3.71. The van der Waals surface area contributed by atoms with E-state index in [2.05, 4.69) is 0 Å². The third-order valence-corrected chi connectivity index (χ3v) is 5.80. The summed E-state index contributed by atoms with van der Waals surface area (Å²) in [6, 6.07) is 3.20. The molecule has 0 radical (unpaired) electrons. The van der Waals surface area contributed by atoms with Crippen molar-refractivity contribution in [2.75, 3.05) is 28.4 Å². The van der Waals surface area contributed by atoms with Crippen molar-refractivity contribution in [1.82, 2.24) is 0 Å². The number of aromatic hydroxyl groups is 2. The van der Waals surface area contributed by atoms with Gasteiger partial charge in [-0.05, 0) is 42.5 Å². The maximum absolute atomic E-state index is 11.1. The van der Waals surface area contributed by atoms with Crippen LogP contribution in [0.1, 0.15) is 25.0 Å². The van der Waals surface area contributed by atoms with Gasteiger partial charge in [0.05, 0.1) is 34.0 Å². The summed E-state index contributed by atoms with van der Waals surface area (Å²) < 4.78 is 22.1. The molecule has 1 aliphatic carbocycles. The maximum Gasteiger partial charge on any atom is 0.203 e. The highest BCUT2D eigenvalue weighted by Crippen LogP contribution is 2.55. The minimum atomic E-state index is -1.05. The van der Waals surface area contributed by atoms with Crippen LogP contribution in [0.15, 0.2) is 12.1 Å². The molecule has 3 rings (SSSR count). The Balaban J connectivity index is 2.52. The summed E-state index contributed by atoms with van der Waals surface area (Å²) in [6.07, 6.45) is 0.769. The Kier molecular flexibility index (Phi) is 5.45. The molecule has 158 valence electrons. The van der Waals surface area contributed by atoms with Gasteiger partial charge in [0.1, 0.15) is 0 Å². The lowest BCUT2D eigenvalue weighted by Crippen LogP contribution is -2.37. The molecule has 0 fully saturated rings. The molecule has 0 saturated carbocycles. The number of phenolic OH excluding ortho intramolecular Hbond substituents is 2. The molecule has 0 saturated heterocycles. The zero-order chi connectivity index (χ0) is 21.5. The Labute approximate surface area is 170 Å². The van der Waals surface area contributed by atoms with Crippen molar-refractivity contribution in [3.63, 3.8) is 0 Å². The van der Waals surface area contributed by atoms with Crippen LogP contribution >= 0.6 is 0 Å². The molecule has 2 aromatic rings. The van der Waals surface area contributed by atoms with Gasteiger partial charge in [-0.2, -0.15) is 0 Å². The lowest BCUT2D eigenvalue weighted by atomic mass is 9.75. The standard InChI is InChI=1S/C22H28O7/c1-11-7-12-8-14(23)18(26-3)20(28-5)16(12)17-13(10-22(11,2)25)9-15(24)19(27-4)21(17)29-6/h8-9,11,23-25H,7,10H2,1-6H3/t11-,22+/m0/s1. The molecule has 0 amide bonds. The third kappa shape index (κ3) is 3.29. The van der Waals surface area contributed by atoms with Gasteiger partial charge >= 0.3 is 0 Å². The quantitative estimate of drug-likeness (QED) is 0.719. The molecule has 2 aromatic carbocycles. The smallest absolute Gasteiger partial charge is 0.203 e. The van der Waals surface area contributed by atoms with Crippen LogP contribution in [0.3, 0.4) is 0 Å². The first-order valence-electron chi connectivity index (χ1n) is 9.36. The predicted molar refractivity (Wildman–Crippen MR) is 109 cm³/mol. The van der Waals surface area contributed by atoms with Crippen LogP contribution in [0.4, 0.5) is 0 Å². The fourth-order valence-electron chi connectivity index (χ4n) is 4.10. The lowest BCUT2D eigenvalue weighted by molar-refractivity contribution is 0.00628. The van der Waals surface area contributed by atoms with Gasteiger partial charge in [-0.1, -0.05) is 6.92 Å². The number of benzene rings is 2. The van der Waals surface area contributed by atoms with Crippen molar-refractivity contribution >= 4 is 0 Å². The zero-order valence-corrected chi connectivity index (χ0v) is 17.6. The van der Waals surface area contributed by atoms with Crippen LogP contribution in [0.2, 0.25) is 0 Å². The minimum Gasteiger partial charge on any atom is -0.504 e. The maximum atomic E-state index is 11.1. The van der Waals surface area contributed by atoms with Crippen molar-refractivity contribution in [3.8, 4) is 45.6 Å². The summed E-state index contributed by atoms with van der Waals surface area (Å²) >= 11 is 0. The fourth-order valence-corrected chi connectivity index (χ4v) is 4.10. The van der Waals surface area contributed by atoms with Crippen LogP contribution in [0.25, 0.3) is 11.1 Å². The molecule has 29 heavy (non-hydrogen) atoms. The number of phenols is 2. The van der Waals surface area contributed by atoms with E-state index in [0.29, 0.717) is 34.6 Å². The van der Waals surface area contributed by atoms with Crippen LogP contribution in [-0.4, -0.2) is 49.4 Å². The van der Waals surface area contributed by atoms with Crippen molar-refractivity contribution < 1.29 is 34.3 Å². The van der Waals surface area contributed by atoms with Crippen molar-refractivity contribution in [3.05, 3.63) is 23.3 Å². The summed E-state index contributed by atoms with van der Waals surface area (Å²) in [4.78, 5) is 0. The van der Waals surface area contributed by atoms with E-state index in [1.165, 1.54) is 28.4 Å². The molecule has 0 aromatic heterocycles. The average molecular weight is 404 g/mol. The Morgan fingerprint density at radius 2 is 1.21 bits per heavy atom. The van der Waals surface area contributed by atoms with E-state index >= 15 is 0 Å². The number of fused-ring (bicyclic) bond motifs is 3. The molecular formula is C22H28O7. The number of rotatable bonds is 4. The second-order valence-electron chi connectivity index (χ2n) is 7.63. The monoisotopic (exact) mass is 404 g/mol. The number of ether oxygens (including phenoxy) is 4. The molecular weight excluding hydrogens is 376 g/mol. The van der Waals surface area contributed by atoms with E-state index in [1.54, 1.807) is 19.1 Å². The summed E-state index contributed by atoms with van der Waals surface area (Å²) in [5.41, 5.74) is 1.68. The van der Waals surface area contributed by atoms with Gasteiger partial charge in [0.15, 0.2) is 23.0 Å². The van der Waals surface area contributed by atoms with Crippen LogP contribution in [0, 0.1) is 5.92 Å². The largest absolute Gasteiger partial charge is 0.504 e. The highest BCUT2D eigenvalue weighted by molar-refractivity contribution is 5.88. The third-order valence-electron chi connectivity index (χ3n) is 5.80. The first-order chi connectivity index (χ1) is 13.7. The SMILES string of the molecule is COc1c(O)cc2c(c1OC)-c1c(cc(O)c(OC)c1OC)C[C@@](C)(O)[C@@H](C)C2. The van der Waals surface area contributed by atoms with Gasteiger partial charge in [-0.25, -0.2) is 0 Å². The topological polar surface area (TPSA) is 97.6 Å². The normalized spacial score (nSPS) is 20.7. The van der Waals surface area contributed by atoms with Crippen LogP contribution < -0.4 is 18.9 Å². The van der Waals surface area contributed by atoms with Crippen molar-refractivity contribution in [1.29, 1.82) is 0 Å². The van der Waals surface area contributed by atoms with Crippen LogP contribution in [-0.2, 0) is 12.8 Å². The zero-order valence-electron chi connectivity index (χ0n) is 17.6. The summed E-state index contributed by atoms with van der Waals surface area (Å²) in [7, 11) is 5.89. The van der Waals surface area contributed by atoms with E-state index in [-0.39, 0.29) is 35.3 Å². The molecule has 7 nitrogen and oxygen atoms in total. The number of aliphatic hydroxyl groups is 1. The second kappa shape index (κ2) is 7.55. The second-order valence-corrected chi connectivity index (χ2v) is 7.63. The number of hydrogen-bond donors (Lipinski definition) is 3. The van der Waals surface area contributed by atoms with Crippen molar-refractivity contribution in [2.45, 2.75) is 32.3 Å². The van der Waals surface area contributed by atoms with E-state index in [0.717, 1.165) is 5.56 Å². The first kappa shape index (κ1) is 20.9. The molecule has 0 bridgehead atoms. The van der Waals surface area contributed by atoms with Gasteiger partial charge in [0.25, 0.3) is 0 Å². The Bertz CT molecular complexity index is 934. The molecule has 2 atom stereocenters. The molecule has 3 N–H and O–H groups in total. The Morgan fingerprint density at radius 3 is 1.66 bits per heavy atom. The summed E-state index contributed by atoms with van der Waals surface area (Å²) in [5.74, 6) is 0.775. The van der Waals surface area contributed by atoms with E-state index in [1.807, 2.05) is 6.92 Å². The van der Waals surface area contributed by atoms with Gasteiger partial charge in [-0.15, -0.1) is 0 Å². The number of hydrogen-bond acceptors (Lipinski definition) is 7. The molecule has 7 heteroatoms. The van der Waals surface area contributed by atoms with E-state index in [9.17, 15) is 15.3 Å². The van der Waals surface area contributed by atoms with Gasteiger partial charge < -0.3 is 34.3 Å². The molecule has 0 unspecified atom stereocenters. The molecule has 0 spiro atoms. The molecule has 0 aliphatic heterocycles. The number of methoxy groups -OCH3 is 4. The van der Waals surface area contributed by atoms with Gasteiger partial charge in [-0.3, -0.25) is 0 Å². The van der Waals surface area contributed by atoms with E-state index in [4.69, 9.17) is 18.9 Å². The lowest BCUT2D eigenvalue weighted by Gasteiger charge is -2.35. The summed E-state index contributed by atoms with van der Waals surface area (Å²) in [5, 5.41) is 32.2.